The number of carbonyl (C=O) groups is 2. The number of ether oxygens (including phenoxy) is 2. The van der Waals surface area contributed by atoms with Gasteiger partial charge in [0.1, 0.15) is 0 Å². The van der Waals surface area contributed by atoms with Gasteiger partial charge < -0.3 is 14.4 Å². The zero-order chi connectivity index (χ0) is 11.8. The average molecular weight is 247 g/mol. The number of carbonyl (C=O) groups excluding carboxylic acids is 2. The van der Waals surface area contributed by atoms with Crippen LogP contribution in [0.2, 0.25) is 0 Å². The van der Waals surface area contributed by atoms with Gasteiger partial charge in [0.15, 0.2) is 0 Å². The molecule has 6 heteroatoms. The van der Waals surface area contributed by atoms with Gasteiger partial charge in [0.05, 0.1) is 31.3 Å². The second kappa shape index (κ2) is 7.51. The molecule has 1 heterocycles. The molecule has 0 saturated carbocycles. The molecule has 5 nitrogen and oxygen atoms in total. The molecule has 16 heavy (non-hydrogen) atoms. The van der Waals surface area contributed by atoms with Gasteiger partial charge in [-0.2, -0.15) is 0 Å². The van der Waals surface area contributed by atoms with Crippen LogP contribution < -0.4 is 0 Å². The summed E-state index contributed by atoms with van der Waals surface area (Å²) in [6.07, 6.45) is 0. The summed E-state index contributed by atoms with van der Waals surface area (Å²) in [5.74, 6) is 0.378. The summed E-state index contributed by atoms with van der Waals surface area (Å²) in [6, 6.07) is 0. The lowest BCUT2D eigenvalue weighted by Gasteiger charge is -2.26. The first-order valence-corrected chi connectivity index (χ1v) is 6.48. The predicted octanol–water partition coefficient (Wildman–Crippen LogP) is 0.141. The number of esters is 1. The maximum absolute atomic E-state index is 11.6. The summed E-state index contributed by atoms with van der Waals surface area (Å²) in [4.78, 5) is 24.4. The molecule has 0 aliphatic carbocycles. The third-order valence-electron chi connectivity index (χ3n) is 2.11. The molecule has 0 N–H and O–H groups in total. The zero-order valence-corrected chi connectivity index (χ0v) is 10.3. The van der Waals surface area contributed by atoms with Crippen molar-refractivity contribution in [3.8, 4) is 0 Å². The second-order valence-corrected chi connectivity index (χ2v) is 4.28. The van der Waals surface area contributed by atoms with Gasteiger partial charge >= 0.3 is 5.97 Å². The minimum atomic E-state index is -0.262. The van der Waals surface area contributed by atoms with Crippen LogP contribution >= 0.6 is 11.8 Å². The fraction of sp³-hybridized carbons (Fsp3) is 0.800. The van der Waals surface area contributed by atoms with Gasteiger partial charge in [-0.25, -0.2) is 0 Å². The smallest absolute Gasteiger partial charge is 0.315 e. The van der Waals surface area contributed by atoms with Crippen molar-refractivity contribution in [2.75, 3.05) is 44.4 Å². The van der Waals surface area contributed by atoms with E-state index in [1.807, 2.05) is 0 Å². The largest absolute Gasteiger partial charge is 0.465 e. The van der Waals surface area contributed by atoms with Gasteiger partial charge in [0, 0.05) is 13.1 Å². The predicted molar refractivity (Wildman–Crippen MR) is 61.4 cm³/mol. The van der Waals surface area contributed by atoms with E-state index in [4.69, 9.17) is 9.47 Å². The van der Waals surface area contributed by atoms with Gasteiger partial charge in [0.25, 0.3) is 0 Å². The molecular weight excluding hydrogens is 230 g/mol. The minimum Gasteiger partial charge on any atom is -0.465 e. The Bertz CT molecular complexity index is 241. The summed E-state index contributed by atoms with van der Waals surface area (Å²) in [5.41, 5.74) is 0. The molecule has 92 valence electrons. The van der Waals surface area contributed by atoms with Crippen molar-refractivity contribution < 1.29 is 19.1 Å². The Morgan fingerprint density at radius 3 is 2.62 bits per heavy atom. The Hall–Kier alpha value is -0.750. The molecule has 1 rings (SSSR count). The lowest BCUT2D eigenvalue weighted by atomic mass is 10.4. The number of rotatable bonds is 5. The number of hydrogen-bond acceptors (Lipinski definition) is 5. The van der Waals surface area contributed by atoms with E-state index in [0.717, 1.165) is 0 Å². The van der Waals surface area contributed by atoms with E-state index in [0.29, 0.717) is 38.7 Å². The van der Waals surface area contributed by atoms with Crippen LogP contribution in [0.3, 0.4) is 0 Å². The lowest BCUT2D eigenvalue weighted by Crippen LogP contribution is -2.41. The quantitative estimate of drug-likeness (QED) is 0.647. The van der Waals surface area contributed by atoms with Crippen LogP contribution in [0.5, 0.6) is 0 Å². The third-order valence-corrected chi connectivity index (χ3v) is 3.01. The van der Waals surface area contributed by atoms with E-state index in [-0.39, 0.29) is 17.6 Å². The molecule has 0 bridgehead atoms. The first-order chi connectivity index (χ1) is 7.74. The van der Waals surface area contributed by atoms with Crippen molar-refractivity contribution in [3.63, 3.8) is 0 Å². The zero-order valence-electron chi connectivity index (χ0n) is 9.44. The van der Waals surface area contributed by atoms with Crippen molar-refractivity contribution >= 4 is 23.6 Å². The van der Waals surface area contributed by atoms with Crippen molar-refractivity contribution in [2.24, 2.45) is 0 Å². The Labute approximate surface area is 99.5 Å². The molecule has 0 aromatic carbocycles. The summed E-state index contributed by atoms with van der Waals surface area (Å²) in [6.45, 7) is 4.67. The molecule has 0 spiro atoms. The normalized spacial score (nSPS) is 15.9. The second-order valence-electron chi connectivity index (χ2n) is 3.29. The van der Waals surface area contributed by atoms with Crippen LogP contribution in [-0.4, -0.2) is 61.2 Å². The SMILES string of the molecule is CCOC(=O)CSCC(=O)N1CCOCC1. The van der Waals surface area contributed by atoms with Crippen LogP contribution in [0.4, 0.5) is 0 Å². The van der Waals surface area contributed by atoms with Crippen LogP contribution in [0.1, 0.15) is 6.92 Å². The Morgan fingerprint density at radius 2 is 2.00 bits per heavy atom. The van der Waals surface area contributed by atoms with Crippen LogP contribution in [0, 0.1) is 0 Å². The van der Waals surface area contributed by atoms with E-state index in [2.05, 4.69) is 0 Å². The summed E-state index contributed by atoms with van der Waals surface area (Å²) < 4.78 is 9.91. The molecule has 1 aliphatic heterocycles. The van der Waals surface area contributed by atoms with Gasteiger partial charge in [-0.15, -0.1) is 11.8 Å². The van der Waals surface area contributed by atoms with E-state index < -0.39 is 0 Å². The molecule has 1 amide bonds. The molecule has 0 unspecified atom stereocenters. The topological polar surface area (TPSA) is 55.8 Å². The van der Waals surface area contributed by atoms with Crippen LogP contribution in [-0.2, 0) is 19.1 Å². The summed E-state index contributed by atoms with van der Waals surface area (Å²) >= 11 is 1.30. The number of morpholine rings is 1. The van der Waals surface area contributed by atoms with E-state index in [1.54, 1.807) is 11.8 Å². The van der Waals surface area contributed by atoms with Crippen molar-refractivity contribution in [1.29, 1.82) is 0 Å². The Morgan fingerprint density at radius 1 is 1.31 bits per heavy atom. The molecule has 1 fully saturated rings. The van der Waals surface area contributed by atoms with Crippen molar-refractivity contribution in [1.82, 2.24) is 4.90 Å². The van der Waals surface area contributed by atoms with Crippen LogP contribution in [0.15, 0.2) is 0 Å². The average Bonchev–Trinajstić information content (AvgIpc) is 2.30. The molecule has 0 aromatic heterocycles. The first-order valence-electron chi connectivity index (χ1n) is 5.33. The molecule has 1 aliphatic rings. The number of amides is 1. The van der Waals surface area contributed by atoms with E-state index >= 15 is 0 Å². The Kier molecular flexibility index (Phi) is 6.25. The first kappa shape index (κ1) is 13.3. The van der Waals surface area contributed by atoms with Gasteiger partial charge in [0.2, 0.25) is 5.91 Å². The fourth-order valence-electron chi connectivity index (χ4n) is 1.33. The number of nitrogens with zero attached hydrogens (tertiary/aromatic N) is 1. The highest BCUT2D eigenvalue weighted by atomic mass is 32.2. The molecular formula is C10H17NO4S. The van der Waals surface area contributed by atoms with Gasteiger partial charge in [-0.3, -0.25) is 9.59 Å². The lowest BCUT2D eigenvalue weighted by molar-refractivity contribution is -0.139. The molecule has 0 atom stereocenters. The highest BCUT2D eigenvalue weighted by molar-refractivity contribution is 8.00. The van der Waals surface area contributed by atoms with E-state index in [1.165, 1.54) is 11.8 Å². The fourth-order valence-corrected chi connectivity index (χ4v) is 2.04. The monoisotopic (exact) mass is 247 g/mol. The Balaban J connectivity index is 2.12. The highest BCUT2D eigenvalue weighted by Gasteiger charge is 2.16. The van der Waals surface area contributed by atoms with Gasteiger partial charge in [-0.1, -0.05) is 0 Å². The maximum atomic E-state index is 11.6. The standard InChI is InChI=1S/C10H17NO4S/c1-2-15-10(13)8-16-7-9(12)11-3-5-14-6-4-11/h2-8H2,1H3. The number of thioether (sulfide) groups is 1. The minimum absolute atomic E-state index is 0.0672. The molecule has 0 aromatic rings. The maximum Gasteiger partial charge on any atom is 0.315 e. The highest BCUT2D eigenvalue weighted by Crippen LogP contribution is 2.05. The number of hydrogen-bond donors (Lipinski definition) is 0. The molecule has 1 saturated heterocycles. The molecule has 0 radical (unpaired) electrons. The van der Waals surface area contributed by atoms with E-state index in [9.17, 15) is 9.59 Å². The summed E-state index contributed by atoms with van der Waals surface area (Å²) in [5, 5.41) is 0. The summed E-state index contributed by atoms with van der Waals surface area (Å²) in [7, 11) is 0. The van der Waals surface area contributed by atoms with Gasteiger partial charge in [-0.05, 0) is 6.92 Å². The third kappa shape index (κ3) is 4.85. The van der Waals surface area contributed by atoms with Crippen LogP contribution in [0.25, 0.3) is 0 Å². The van der Waals surface area contributed by atoms with Crippen molar-refractivity contribution in [2.45, 2.75) is 6.92 Å². The van der Waals surface area contributed by atoms with Crippen molar-refractivity contribution in [3.05, 3.63) is 0 Å².